The van der Waals surface area contributed by atoms with Crippen LogP contribution in [-0.2, 0) is 0 Å². The third-order valence-electron chi connectivity index (χ3n) is 10.9. The summed E-state index contributed by atoms with van der Waals surface area (Å²) in [5, 5.41) is 7.09. The maximum Gasteiger partial charge on any atom is 0.246 e. The largest absolute Gasteiger partial charge is 0.490 e. The zero-order valence-electron chi connectivity index (χ0n) is 38.8. The Bertz CT molecular complexity index is 2360. The molecule has 0 radical (unpaired) electrons. The van der Waals surface area contributed by atoms with E-state index in [1.165, 1.54) is 65.7 Å². The molecule has 0 N–H and O–H groups in total. The fourth-order valence-electron chi connectivity index (χ4n) is 9.15. The molecular formula is C54H60O6P2. The fraction of sp³-hybridized carbons (Fsp3) is 0.333. The Kier molecular flexibility index (Phi) is 11.7. The molecule has 6 aromatic carbocycles. The number of ether oxygens (including phenoxy) is 6. The van der Waals surface area contributed by atoms with Gasteiger partial charge < -0.3 is 28.4 Å². The minimum Gasteiger partial charge on any atom is -0.490 e. The van der Waals surface area contributed by atoms with Gasteiger partial charge >= 0.3 is 0 Å². The lowest BCUT2D eigenvalue weighted by molar-refractivity contribution is -0.0450. The first-order chi connectivity index (χ1) is 29.3. The summed E-state index contributed by atoms with van der Waals surface area (Å²) in [6.45, 7) is 30.3. The number of hydrogen-bond acceptors (Lipinski definition) is 6. The van der Waals surface area contributed by atoms with E-state index in [9.17, 15) is 0 Å². The Balaban J connectivity index is 1.62. The van der Waals surface area contributed by atoms with E-state index < -0.39 is 27.4 Å². The van der Waals surface area contributed by atoms with Crippen LogP contribution in [0.5, 0.6) is 34.5 Å². The first-order valence-electron chi connectivity index (χ1n) is 21.7. The van der Waals surface area contributed by atoms with E-state index in [2.05, 4.69) is 140 Å². The van der Waals surface area contributed by atoms with Crippen molar-refractivity contribution in [2.75, 3.05) is 13.2 Å². The predicted molar refractivity (Wildman–Crippen MR) is 260 cm³/mol. The number of rotatable bonds is 11. The highest BCUT2D eigenvalue weighted by atomic mass is 31.1. The highest BCUT2D eigenvalue weighted by molar-refractivity contribution is 7.80. The first kappa shape index (κ1) is 43.6. The summed E-state index contributed by atoms with van der Waals surface area (Å²) in [6.07, 6.45) is 0. The molecule has 6 nitrogen and oxygen atoms in total. The molecule has 0 saturated heterocycles. The molecule has 0 spiro atoms. The van der Waals surface area contributed by atoms with Crippen LogP contribution in [0.4, 0.5) is 0 Å². The second kappa shape index (κ2) is 16.6. The minimum absolute atomic E-state index is 0.458. The van der Waals surface area contributed by atoms with Crippen LogP contribution in [0.25, 0.3) is 11.1 Å². The maximum atomic E-state index is 7.12. The van der Waals surface area contributed by atoms with Gasteiger partial charge in [-0.15, -0.1) is 0 Å². The Hall–Kier alpha value is -5.02. The van der Waals surface area contributed by atoms with Gasteiger partial charge in [0.1, 0.15) is 0 Å². The second-order valence-corrected chi connectivity index (χ2v) is 22.4. The molecule has 6 aromatic rings. The van der Waals surface area contributed by atoms with Crippen LogP contribution < -0.4 is 60.2 Å². The molecule has 2 aliphatic rings. The van der Waals surface area contributed by atoms with Gasteiger partial charge in [0.05, 0.1) is 13.2 Å². The summed E-state index contributed by atoms with van der Waals surface area (Å²) in [5.41, 5.74) is 11.5. The van der Waals surface area contributed by atoms with Gasteiger partial charge in [0.2, 0.25) is 23.1 Å². The molecule has 0 bridgehead atoms. The Morgan fingerprint density at radius 2 is 0.613 bits per heavy atom. The van der Waals surface area contributed by atoms with Crippen molar-refractivity contribution in [2.45, 2.75) is 109 Å². The molecular weight excluding hydrogens is 807 g/mol. The van der Waals surface area contributed by atoms with E-state index in [1.807, 2.05) is 41.5 Å². The van der Waals surface area contributed by atoms with Crippen molar-refractivity contribution in [3.8, 4) is 45.6 Å². The van der Waals surface area contributed by atoms with Crippen LogP contribution in [0.15, 0.2) is 84.9 Å². The first-order valence-corrected chi connectivity index (χ1v) is 24.4. The van der Waals surface area contributed by atoms with Crippen molar-refractivity contribution in [3.05, 3.63) is 129 Å². The molecule has 2 heterocycles. The molecule has 2 aliphatic heterocycles. The van der Waals surface area contributed by atoms with E-state index in [1.54, 1.807) is 0 Å². The third-order valence-corrected chi connectivity index (χ3v) is 15.7. The standard InChI is InChI=1S/C54H60O6P2/c1-15-55-43-29-45(61(39-21-31(3)17-32(4)22-39)40-23-33(5)18-34(6)24-40)47(51-49(43)57-53(11,12)59-51)48-46(30-44(56-16-2)50-52(48)60-54(13,14)58-50)62(41-25-35(7)19-36(8)26-41)42-27-37(9)20-38(10)28-42/h17-30H,15-16H2,1-14H3. The Labute approximate surface area is 371 Å². The predicted octanol–water partition coefficient (Wildman–Crippen LogP) is 11.1. The SMILES string of the molecule is CCOc1cc(P(c2cc(C)cc(C)c2)c2cc(C)cc(C)c2)c(-c2c(P(c3cc(C)cc(C)c3)c3cc(C)cc(C)c3)cc(OCC)c3c2OC(C)(C)O3)c2c1OC(C)(C)O2. The molecule has 8 heteroatoms. The third kappa shape index (κ3) is 8.54. The zero-order chi connectivity index (χ0) is 44.4. The Morgan fingerprint density at radius 3 is 0.855 bits per heavy atom. The number of aryl methyl sites for hydroxylation is 8. The molecule has 0 amide bonds. The zero-order valence-corrected chi connectivity index (χ0v) is 40.6. The summed E-state index contributed by atoms with van der Waals surface area (Å²) in [7, 11) is -2.52. The summed E-state index contributed by atoms with van der Waals surface area (Å²) in [4.78, 5) is 0. The van der Waals surface area contributed by atoms with Crippen molar-refractivity contribution in [1.82, 2.24) is 0 Å². The monoisotopic (exact) mass is 866 g/mol. The number of benzene rings is 6. The summed E-state index contributed by atoms with van der Waals surface area (Å²) in [5.74, 6) is 1.77. The smallest absolute Gasteiger partial charge is 0.246 e. The molecule has 0 unspecified atom stereocenters. The fourth-order valence-corrected chi connectivity index (χ4v) is 14.9. The molecule has 0 aromatic heterocycles. The van der Waals surface area contributed by atoms with Crippen LogP contribution >= 0.6 is 15.8 Å². The van der Waals surface area contributed by atoms with Crippen LogP contribution in [-0.4, -0.2) is 24.8 Å². The van der Waals surface area contributed by atoms with Gasteiger partial charge in [-0.05, 0) is 118 Å². The topological polar surface area (TPSA) is 55.4 Å². The van der Waals surface area contributed by atoms with Crippen molar-refractivity contribution < 1.29 is 28.4 Å². The van der Waals surface area contributed by atoms with Crippen LogP contribution in [0.2, 0.25) is 0 Å². The normalized spacial score (nSPS) is 14.5. The van der Waals surface area contributed by atoms with E-state index in [0.717, 1.165) is 21.7 Å². The summed E-state index contributed by atoms with van der Waals surface area (Å²) < 4.78 is 41.0. The lowest BCUT2D eigenvalue weighted by Crippen LogP contribution is -2.31. The van der Waals surface area contributed by atoms with Crippen molar-refractivity contribution in [1.29, 1.82) is 0 Å². The van der Waals surface area contributed by atoms with Gasteiger partial charge in [0.25, 0.3) is 0 Å². The van der Waals surface area contributed by atoms with Crippen molar-refractivity contribution in [3.63, 3.8) is 0 Å². The van der Waals surface area contributed by atoms with Gasteiger partial charge in [-0.1, -0.05) is 117 Å². The van der Waals surface area contributed by atoms with Crippen LogP contribution in [0.1, 0.15) is 86.1 Å². The number of fused-ring (bicyclic) bond motifs is 2. The lowest BCUT2D eigenvalue weighted by atomic mass is 10.0. The van der Waals surface area contributed by atoms with Gasteiger partial charge in [-0.3, -0.25) is 0 Å². The van der Waals surface area contributed by atoms with Gasteiger partial charge in [0, 0.05) is 49.4 Å². The summed E-state index contributed by atoms with van der Waals surface area (Å²) >= 11 is 0. The molecule has 8 rings (SSSR count). The molecule has 62 heavy (non-hydrogen) atoms. The maximum absolute atomic E-state index is 7.12. The van der Waals surface area contributed by atoms with Crippen molar-refractivity contribution in [2.24, 2.45) is 0 Å². The van der Waals surface area contributed by atoms with Gasteiger partial charge in [-0.2, -0.15) is 0 Å². The second-order valence-electron chi connectivity index (χ2n) is 18.0. The van der Waals surface area contributed by atoms with Gasteiger partial charge in [-0.25, -0.2) is 0 Å². The molecule has 0 saturated carbocycles. The number of hydrogen-bond donors (Lipinski definition) is 0. The van der Waals surface area contributed by atoms with Gasteiger partial charge in [0.15, 0.2) is 23.0 Å². The minimum atomic E-state index is -1.26. The van der Waals surface area contributed by atoms with E-state index in [4.69, 9.17) is 28.4 Å². The quantitative estimate of drug-likeness (QED) is 0.121. The van der Waals surface area contributed by atoms with E-state index in [-0.39, 0.29) is 0 Å². The lowest BCUT2D eigenvalue weighted by Gasteiger charge is -2.30. The van der Waals surface area contributed by atoms with Crippen LogP contribution in [0, 0.1) is 55.4 Å². The Morgan fingerprint density at radius 1 is 0.371 bits per heavy atom. The molecule has 322 valence electrons. The summed E-state index contributed by atoms with van der Waals surface area (Å²) in [6, 6.07) is 32.2. The van der Waals surface area contributed by atoms with E-state index >= 15 is 0 Å². The molecule has 0 atom stereocenters. The van der Waals surface area contributed by atoms with E-state index in [0.29, 0.717) is 47.7 Å². The average Bonchev–Trinajstić information content (AvgIpc) is 3.65. The van der Waals surface area contributed by atoms with Crippen molar-refractivity contribution >= 4 is 47.7 Å². The average molecular weight is 867 g/mol. The highest BCUT2D eigenvalue weighted by Gasteiger charge is 2.45. The molecule has 0 fully saturated rings. The van der Waals surface area contributed by atoms with Crippen LogP contribution in [0.3, 0.4) is 0 Å². The molecule has 0 aliphatic carbocycles. The highest BCUT2D eigenvalue weighted by Crippen LogP contribution is 2.60.